The van der Waals surface area contributed by atoms with Gasteiger partial charge in [-0.3, -0.25) is 14.7 Å². The number of methoxy groups -OCH3 is 1. The molecule has 192 valence electrons. The second-order valence-electron chi connectivity index (χ2n) is 7.92. The van der Waals surface area contributed by atoms with E-state index >= 15 is 0 Å². The zero-order valence-corrected chi connectivity index (χ0v) is 23.6. The summed E-state index contributed by atoms with van der Waals surface area (Å²) in [4.78, 5) is 11.3. The van der Waals surface area contributed by atoms with Crippen LogP contribution in [0.3, 0.4) is 0 Å². The lowest BCUT2D eigenvalue weighted by Crippen LogP contribution is -2.12. The number of thioether (sulfide) groups is 1. The van der Waals surface area contributed by atoms with Gasteiger partial charge in [0.05, 0.1) is 11.6 Å². The van der Waals surface area contributed by atoms with E-state index in [2.05, 4.69) is 26.1 Å². The molecule has 0 saturated carbocycles. The van der Waals surface area contributed by atoms with E-state index in [-0.39, 0.29) is 18.1 Å². The quantitative estimate of drug-likeness (QED) is 0.104. The lowest BCUT2D eigenvalue weighted by molar-refractivity contribution is -0.479. The third-order valence-corrected chi connectivity index (χ3v) is 7.60. The normalized spacial score (nSPS) is 11.8. The summed E-state index contributed by atoms with van der Waals surface area (Å²) in [7, 11) is 1.52. The number of rotatable bonds is 10. The van der Waals surface area contributed by atoms with Crippen molar-refractivity contribution in [2.75, 3.05) is 13.7 Å². The smallest absolute Gasteiger partial charge is 0.220 e. The molecule has 0 N–H and O–H groups in total. The van der Waals surface area contributed by atoms with Gasteiger partial charge in [-0.05, 0) is 82.5 Å². The van der Waals surface area contributed by atoms with E-state index in [0.717, 1.165) is 11.3 Å². The molecule has 4 aromatic rings. The van der Waals surface area contributed by atoms with Crippen LogP contribution in [0.25, 0.3) is 5.69 Å². The summed E-state index contributed by atoms with van der Waals surface area (Å²) in [6.07, 6.45) is 0. The monoisotopic (exact) mass is 622 g/mol. The van der Waals surface area contributed by atoms with Crippen molar-refractivity contribution in [2.24, 2.45) is 0 Å². The van der Waals surface area contributed by atoms with Crippen molar-refractivity contribution in [3.05, 3.63) is 102 Å². The Morgan fingerprint density at radius 2 is 1.86 bits per heavy atom. The molecule has 0 bridgehead atoms. The molecule has 0 unspecified atom stereocenters. The van der Waals surface area contributed by atoms with Crippen molar-refractivity contribution in [3.63, 3.8) is 0 Å². The van der Waals surface area contributed by atoms with E-state index in [1.54, 1.807) is 30.3 Å². The predicted octanol–water partition coefficient (Wildman–Crippen LogP) is 7.34. The minimum absolute atomic E-state index is 0.269. The molecule has 0 aliphatic rings. The molecule has 0 aliphatic carbocycles. The molecule has 3 aromatic carbocycles. The molecule has 1 atom stereocenters. The number of nitrogens with zero attached hydrogens (tertiary/aromatic N) is 4. The fraction of sp³-hybridized carbons (Fsp3) is 0.200. The average molecular weight is 624 g/mol. The van der Waals surface area contributed by atoms with Crippen molar-refractivity contribution in [3.8, 4) is 17.2 Å². The molecule has 0 radical (unpaired) electrons. The van der Waals surface area contributed by atoms with Crippen molar-refractivity contribution < 1.29 is 14.4 Å². The first-order valence-electron chi connectivity index (χ1n) is 11.0. The Balaban J connectivity index is 1.65. The van der Waals surface area contributed by atoms with Gasteiger partial charge in [0.15, 0.2) is 16.7 Å². The minimum Gasteiger partial charge on any atom is -0.493 e. The standard InChI is InChI=1S/C25H21BrCl2N4O4S/c1-15-29-30-25(32(15)20-8-6-18(27)7-9-20)37-23(13-31(33)34)17-11-21(26)24(22(12-17)35-2)36-14-16-4-3-5-19(28)10-16/h3-12,23H,13-14H2,1-2H3/t23-/m1/s1. The van der Waals surface area contributed by atoms with Gasteiger partial charge in [-0.2, -0.15) is 0 Å². The number of benzene rings is 3. The second-order valence-corrected chi connectivity index (χ2v) is 10.8. The van der Waals surface area contributed by atoms with Crippen molar-refractivity contribution in [2.45, 2.75) is 23.9 Å². The fourth-order valence-electron chi connectivity index (χ4n) is 3.63. The van der Waals surface area contributed by atoms with Crippen LogP contribution in [-0.4, -0.2) is 33.3 Å². The summed E-state index contributed by atoms with van der Waals surface area (Å²) >= 11 is 16.9. The van der Waals surface area contributed by atoms with Gasteiger partial charge in [0.25, 0.3) is 0 Å². The van der Waals surface area contributed by atoms with E-state index in [1.807, 2.05) is 41.8 Å². The molecule has 37 heavy (non-hydrogen) atoms. The molecule has 0 saturated heterocycles. The number of aromatic nitrogens is 3. The summed E-state index contributed by atoms with van der Waals surface area (Å²) in [5.74, 6) is 1.57. The highest BCUT2D eigenvalue weighted by molar-refractivity contribution is 9.10. The molecule has 0 spiro atoms. The highest BCUT2D eigenvalue weighted by Crippen LogP contribution is 2.43. The van der Waals surface area contributed by atoms with Crippen LogP contribution in [0.1, 0.15) is 22.2 Å². The van der Waals surface area contributed by atoms with Crippen molar-refractivity contribution >= 4 is 50.9 Å². The largest absolute Gasteiger partial charge is 0.493 e. The molecular weight excluding hydrogens is 603 g/mol. The third kappa shape index (κ3) is 6.75. The maximum Gasteiger partial charge on any atom is 0.220 e. The molecule has 1 heterocycles. The Hall–Kier alpha value is -2.79. The van der Waals surface area contributed by atoms with E-state index in [0.29, 0.717) is 42.6 Å². The van der Waals surface area contributed by atoms with Gasteiger partial charge in [0, 0.05) is 20.7 Å². The van der Waals surface area contributed by atoms with Crippen LogP contribution < -0.4 is 9.47 Å². The van der Waals surface area contributed by atoms with E-state index in [1.165, 1.54) is 18.9 Å². The summed E-state index contributed by atoms with van der Waals surface area (Å²) in [6, 6.07) is 18.1. The Kier molecular flexibility index (Phi) is 8.96. The van der Waals surface area contributed by atoms with E-state index < -0.39 is 5.25 Å². The average Bonchev–Trinajstić information content (AvgIpc) is 3.22. The maximum atomic E-state index is 11.6. The van der Waals surface area contributed by atoms with Crippen LogP contribution in [0.15, 0.2) is 70.3 Å². The second kappa shape index (κ2) is 12.2. The van der Waals surface area contributed by atoms with E-state index in [9.17, 15) is 10.1 Å². The molecule has 0 fully saturated rings. The lowest BCUT2D eigenvalue weighted by atomic mass is 10.1. The number of aryl methyl sites for hydroxylation is 1. The summed E-state index contributed by atoms with van der Waals surface area (Å²) in [5, 5.41) is 21.2. The van der Waals surface area contributed by atoms with Gasteiger partial charge < -0.3 is 9.47 Å². The van der Waals surface area contributed by atoms with Gasteiger partial charge in [-0.15, -0.1) is 10.2 Å². The first kappa shape index (κ1) is 27.3. The first-order valence-corrected chi connectivity index (χ1v) is 13.4. The Bertz CT molecular complexity index is 1420. The van der Waals surface area contributed by atoms with Gasteiger partial charge in [-0.25, -0.2) is 0 Å². The Morgan fingerprint density at radius 1 is 1.11 bits per heavy atom. The molecule has 4 rings (SSSR count). The highest BCUT2D eigenvalue weighted by Gasteiger charge is 2.26. The predicted molar refractivity (Wildman–Crippen MR) is 148 cm³/mol. The Morgan fingerprint density at radius 3 is 2.54 bits per heavy atom. The Labute approximate surface area is 236 Å². The molecule has 0 aliphatic heterocycles. The minimum atomic E-state index is -0.586. The van der Waals surface area contributed by atoms with Gasteiger partial charge in [0.2, 0.25) is 6.54 Å². The molecule has 0 amide bonds. The first-order chi connectivity index (χ1) is 17.7. The van der Waals surface area contributed by atoms with Gasteiger partial charge in [-0.1, -0.05) is 47.1 Å². The number of nitro groups is 1. The van der Waals surface area contributed by atoms with Crippen molar-refractivity contribution in [1.29, 1.82) is 0 Å². The zero-order chi connectivity index (χ0) is 26.5. The van der Waals surface area contributed by atoms with Crippen LogP contribution in [0.5, 0.6) is 11.5 Å². The summed E-state index contributed by atoms with van der Waals surface area (Å²) in [6.45, 7) is 1.75. The van der Waals surface area contributed by atoms with Crippen molar-refractivity contribution in [1.82, 2.24) is 14.8 Å². The zero-order valence-electron chi connectivity index (χ0n) is 19.7. The lowest BCUT2D eigenvalue weighted by Gasteiger charge is -2.18. The topological polar surface area (TPSA) is 92.3 Å². The van der Waals surface area contributed by atoms with Crippen LogP contribution in [0.2, 0.25) is 10.0 Å². The van der Waals surface area contributed by atoms with Crippen LogP contribution in [-0.2, 0) is 6.61 Å². The number of hydrogen-bond donors (Lipinski definition) is 0. The van der Waals surface area contributed by atoms with Crippen LogP contribution >= 0.6 is 50.9 Å². The van der Waals surface area contributed by atoms with Gasteiger partial charge in [0.1, 0.15) is 17.7 Å². The molecule has 1 aromatic heterocycles. The summed E-state index contributed by atoms with van der Waals surface area (Å²) < 4.78 is 14.0. The van der Waals surface area contributed by atoms with Crippen LogP contribution in [0.4, 0.5) is 0 Å². The fourth-order valence-corrected chi connectivity index (χ4v) is 5.69. The SMILES string of the molecule is COc1cc([C@@H](C[N+](=O)[O-])Sc2nnc(C)n2-c2ccc(Cl)cc2)cc(Br)c1OCc1cccc(Cl)c1. The number of ether oxygens (including phenoxy) is 2. The number of hydrogen-bond acceptors (Lipinski definition) is 7. The summed E-state index contributed by atoms with van der Waals surface area (Å²) in [5.41, 5.74) is 2.37. The van der Waals surface area contributed by atoms with Crippen LogP contribution in [0, 0.1) is 17.0 Å². The maximum absolute atomic E-state index is 11.6. The van der Waals surface area contributed by atoms with E-state index in [4.69, 9.17) is 32.7 Å². The third-order valence-electron chi connectivity index (χ3n) is 5.34. The molecular formula is C25H21BrCl2N4O4S. The number of halogens is 3. The molecule has 8 nitrogen and oxygen atoms in total. The highest BCUT2D eigenvalue weighted by atomic mass is 79.9. The van der Waals surface area contributed by atoms with Gasteiger partial charge >= 0.3 is 0 Å². The molecule has 12 heteroatoms.